The first-order valence-electron chi connectivity index (χ1n) is 6.88. The zero-order valence-electron chi connectivity index (χ0n) is 12.3. The number of methoxy groups -OCH3 is 1. The fourth-order valence-electron chi connectivity index (χ4n) is 2.00. The summed E-state index contributed by atoms with van der Waals surface area (Å²) in [6.45, 7) is 2.50. The van der Waals surface area contributed by atoms with Gasteiger partial charge in [-0.25, -0.2) is 0 Å². The summed E-state index contributed by atoms with van der Waals surface area (Å²) >= 11 is 0. The molecule has 0 aliphatic rings. The predicted octanol–water partition coefficient (Wildman–Crippen LogP) is 3.21. The second kappa shape index (κ2) is 7.55. The molecule has 2 aromatic carbocycles. The SMILES string of the molecule is COc1ccccc1OCCOc1ccccc1C(C)O. The molecule has 0 amide bonds. The van der Waals surface area contributed by atoms with Crippen molar-refractivity contribution in [2.24, 2.45) is 0 Å². The van der Waals surface area contributed by atoms with Gasteiger partial charge in [0.1, 0.15) is 19.0 Å². The van der Waals surface area contributed by atoms with E-state index in [1.165, 1.54) is 0 Å². The van der Waals surface area contributed by atoms with Gasteiger partial charge in [0.05, 0.1) is 13.2 Å². The Morgan fingerprint density at radius 2 is 1.38 bits per heavy atom. The molecule has 1 atom stereocenters. The third-order valence-corrected chi connectivity index (χ3v) is 3.04. The minimum absolute atomic E-state index is 0.391. The van der Waals surface area contributed by atoms with E-state index in [9.17, 15) is 5.11 Å². The lowest BCUT2D eigenvalue weighted by molar-refractivity contribution is 0.181. The molecule has 0 saturated carbocycles. The normalized spacial score (nSPS) is 11.8. The van der Waals surface area contributed by atoms with Crippen LogP contribution in [0.4, 0.5) is 0 Å². The van der Waals surface area contributed by atoms with Crippen LogP contribution in [0.1, 0.15) is 18.6 Å². The zero-order chi connectivity index (χ0) is 15.1. The van der Waals surface area contributed by atoms with Crippen molar-refractivity contribution < 1.29 is 19.3 Å². The average molecular weight is 288 g/mol. The monoisotopic (exact) mass is 288 g/mol. The maximum absolute atomic E-state index is 9.68. The summed E-state index contributed by atoms with van der Waals surface area (Å²) in [5, 5.41) is 9.68. The van der Waals surface area contributed by atoms with Crippen molar-refractivity contribution in [2.45, 2.75) is 13.0 Å². The lowest BCUT2D eigenvalue weighted by Gasteiger charge is -2.14. The highest BCUT2D eigenvalue weighted by Crippen LogP contribution is 2.26. The quantitative estimate of drug-likeness (QED) is 0.795. The number of hydrogen-bond donors (Lipinski definition) is 1. The Kier molecular flexibility index (Phi) is 5.46. The van der Waals surface area contributed by atoms with Crippen molar-refractivity contribution in [3.8, 4) is 17.2 Å². The van der Waals surface area contributed by atoms with E-state index < -0.39 is 6.10 Å². The van der Waals surface area contributed by atoms with Crippen LogP contribution < -0.4 is 14.2 Å². The van der Waals surface area contributed by atoms with Gasteiger partial charge in [0.2, 0.25) is 0 Å². The molecule has 2 aromatic rings. The molecule has 0 aliphatic heterocycles. The Morgan fingerprint density at radius 3 is 2.00 bits per heavy atom. The van der Waals surface area contributed by atoms with Crippen LogP contribution in [0.2, 0.25) is 0 Å². The van der Waals surface area contributed by atoms with Crippen molar-refractivity contribution in [3.05, 3.63) is 54.1 Å². The average Bonchev–Trinajstić information content (AvgIpc) is 2.52. The maximum Gasteiger partial charge on any atom is 0.161 e. The van der Waals surface area contributed by atoms with Gasteiger partial charge in [0, 0.05) is 5.56 Å². The summed E-state index contributed by atoms with van der Waals surface area (Å²) in [5.41, 5.74) is 0.773. The molecular formula is C17H20O4. The molecule has 112 valence electrons. The summed E-state index contributed by atoms with van der Waals surface area (Å²) < 4.78 is 16.5. The van der Waals surface area contributed by atoms with E-state index in [0.717, 1.165) is 5.56 Å². The first kappa shape index (κ1) is 15.2. The molecule has 0 aliphatic carbocycles. The fourth-order valence-corrected chi connectivity index (χ4v) is 2.00. The van der Waals surface area contributed by atoms with Crippen LogP contribution in [0.5, 0.6) is 17.2 Å². The number of aliphatic hydroxyl groups excluding tert-OH is 1. The number of para-hydroxylation sites is 3. The van der Waals surface area contributed by atoms with E-state index in [1.54, 1.807) is 14.0 Å². The molecule has 21 heavy (non-hydrogen) atoms. The van der Waals surface area contributed by atoms with Gasteiger partial charge in [-0.1, -0.05) is 30.3 Å². The molecule has 0 radical (unpaired) electrons. The fraction of sp³-hybridized carbons (Fsp3) is 0.294. The lowest BCUT2D eigenvalue weighted by Crippen LogP contribution is -2.11. The highest BCUT2D eigenvalue weighted by molar-refractivity contribution is 5.39. The number of ether oxygens (including phenoxy) is 3. The highest BCUT2D eigenvalue weighted by atomic mass is 16.5. The van der Waals surface area contributed by atoms with Crippen LogP contribution in [0.3, 0.4) is 0 Å². The predicted molar refractivity (Wildman–Crippen MR) is 81.1 cm³/mol. The molecule has 0 bridgehead atoms. The molecule has 1 unspecified atom stereocenters. The molecule has 4 nitrogen and oxygen atoms in total. The zero-order valence-corrected chi connectivity index (χ0v) is 12.3. The number of benzene rings is 2. The van der Waals surface area contributed by atoms with Crippen LogP contribution in [0.25, 0.3) is 0 Å². The van der Waals surface area contributed by atoms with Crippen molar-refractivity contribution in [1.82, 2.24) is 0 Å². The van der Waals surface area contributed by atoms with Gasteiger partial charge in [0.25, 0.3) is 0 Å². The first-order chi connectivity index (χ1) is 10.2. The lowest BCUT2D eigenvalue weighted by atomic mass is 10.1. The Hall–Kier alpha value is -2.20. The van der Waals surface area contributed by atoms with Crippen LogP contribution in [-0.2, 0) is 0 Å². The smallest absolute Gasteiger partial charge is 0.161 e. The molecule has 2 rings (SSSR count). The summed E-state index contributed by atoms with van der Waals surface area (Å²) in [6, 6.07) is 14.9. The topological polar surface area (TPSA) is 47.9 Å². The molecule has 0 saturated heterocycles. The van der Waals surface area contributed by atoms with Crippen molar-refractivity contribution >= 4 is 0 Å². The van der Waals surface area contributed by atoms with Gasteiger partial charge >= 0.3 is 0 Å². The van der Waals surface area contributed by atoms with E-state index in [-0.39, 0.29) is 0 Å². The van der Waals surface area contributed by atoms with Crippen molar-refractivity contribution in [1.29, 1.82) is 0 Å². The number of hydrogen-bond acceptors (Lipinski definition) is 4. The minimum Gasteiger partial charge on any atom is -0.493 e. The Balaban J connectivity index is 1.88. The first-order valence-corrected chi connectivity index (χ1v) is 6.88. The van der Waals surface area contributed by atoms with Crippen LogP contribution >= 0.6 is 0 Å². The van der Waals surface area contributed by atoms with E-state index in [4.69, 9.17) is 14.2 Å². The van der Waals surface area contributed by atoms with Gasteiger partial charge in [-0.15, -0.1) is 0 Å². The molecular weight excluding hydrogens is 268 g/mol. The molecule has 0 heterocycles. The second-order valence-corrected chi connectivity index (χ2v) is 4.56. The summed E-state index contributed by atoms with van der Waals surface area (Å²) in [5.74, 6) is 2.06. The largest absolute Gasteiger partial charge is 0.493 e. The Bertz CT molecular complexity index is 566. The molecule has 4 heteroatoms. The van der Waals surface area contributed by atoms with E-state index >= 15 is 0 Å². The minimum atomic E-state index is -0.559. The van der Waals surface area contributed by atoms with E-state index in [0.29, 0.717) is 30.5 Å². The van der Waals surface area contributed by atoms with Gasteiger partial charge < -0.3 is 19.3 Å². The van der Waals surface area contributed by atoms with Crippen LogP contribution in [-0.4, -0.2) is 25.4 Å². The third kappa shape index (κ3) is 4.13. The molecule has 1 N–H and O–H groups in total. The molecule has 0 spiro atoms. The summed E-state index contributed by atoms with van der Waals surface area (Å²) in [6.07, 6.45) is -0.559. The maximum atomic E-state index is 9.68. The number of aliphatic hydroxyl groups is 1. The Morgan fingerprint density at radius 1 is 0.857 bits per heavy atom. The highest BCUT2D eigenvalue weighted by Gasteiger charge is 2.08. The number of rotatable bonds is 7. The molecule has 0 fully saturated rings. The van der Waals surface area contributed by atoms with E-state index in [1.807, 2.05) is 48.5 Å². The van der Waals surface area contributed by atoms with Gasteiger partial charge in [0.15, 0.2) is 11.5 Å². The summed E-state index contributed by atoms with van der Waals surface area (Å²) in [7, 11) is 1.61. The Labute approximate surface area is 124 Å². The molecule has 0 aromatic heterocycles. The van der Waals surface area contributed by atoms with Gasteiger partial charge in [-0.2, -0.15) is 0 Å². The van der Waals surface area contributed by atoms with Gasteiger partial charge in [-0.05, 0) is 25.1 Å². The second-order valence-electron chi connectivity index (χ2n) is 4.56. The van der Waals surface area contributed by atoms with Gasteiger partial charge in [-0.3, -0.25) is 0 Å². The van der Waals surface area contributed by atoms with E-state index in [2.05, 4.69) is 0 Å². The van der Waals surface area contributed by atoms with Crippen molar-refractivity contribution in [3.63, 3.8) is 0 Å². The summed E-state index contributed by atoms with van der Waals surface area (Å²) in [4.78, 5) is 0. The standard InChI is InChI=1S/C17H20O4/c1-13(18)14-7-3-4-8-15(14)20-11-12-21-17-10-6-5-9-16(17)19-2/h3-10,13,18H,11-12H2,1-2H3. The third-order valence-electron chi connectivity index (χ3n) is 3.04. The van der Waals surface area contributed by atoms with Crippen LogP contribution in [0.15, 0.2) is 48.5 Å². The van der Waals surface area contributed by atoms with Crippen LogP contribution in [0, 0.1) is 0 Å². The van der Waals surface area contributed by atoms with Crippen molar-refractivity contribution in [2.75, 3.05) is 20.3 Å².